The summed E-state index contributed by atoms with van der Waals surface area (Å²) in [5, 5.41) is 7.59. The van der Waals surface area contributed by atoms with E-state index in [1.54, 1.807) is 18.3 Å². The maximum absolute atomic E-state index is 11.4. The zero-order valence-corrected chi connectivity index (χ0v) is 10.4. The summed E-state index contributed by atoms with van der Waals surface area (Å²) in [4.78, 5) is 11.4. The average molecular weight is 235 g/mol. The third-order valence-corrected chi connectivity index (χ3v) is 3.63. The van der Waals surface area contributed by atoms with E-state index < -0.39 is 0 Å². The first-order valence-electron chi connectivity index (χ1n) is 6.53. The van der Waals surface area contributed by atoms with Crippen LogP contribution in [0.4, 0.5) is 0 Å². The second-order valence-corrected chi connectivity index (χ2v) is 4.91. The van der Waals surface area contributed by atoms with Crippen molar-refractivity contribution in [2.24, 2.45) is 5.92 Å². The highest BCUT2D eigenvalue weighted by atomic mass is 16.1. The first-order valence-corrected chi connectivity index (χ1v) is 6.53. The van der Waals surface area contributed by atoms with Crippen molar-refractivity contribution >= 4 is 0 Å². The lowest BCUT2D eigenvalue weighted by atomic mass is 9.86. The van der Waals surface area contributed by atoms with Gasteiger partial charge in [0.05, 0.1) is 6.54 Å². The van der Waals surface area contributed by atoms with Gasteiger partial charge in [0.15, 0.2) is 0 Å². The smallest absolute Gasteiger partial charge is 0.266 e. The third kappa shape index (κ3) is 3.40. The first-order chi connectivity index (χ1) is 8.27. The normalized spacial score (nSPS) is 24.8. The Morgan fingerprint density at radius 1 is 1.47 bits per heavy atom. The van der Waals surface area contributed by atoms with Crippen molar-refractivity contribution in [1.82, 2.24) is 15.1 Å². The molecule has 1 saturated carbocycles. The van der Waals surface area contributed by atoms with Crippen LogP contribution in [0, 0.1) is 5.92 Å². The molecule has 4 heteroatoms. The van der Waals surface area contributed by atoms with E-state index in [9.17, 15) is 4.79 Å². The number of rotatable bonds is 4. The molecule has 4 nitrogen and oxygen atoms in total. The van der Waals surface area contributed by atoms with Crippen LogP contribution in [-0.2, 0) is 6.54 Å². The van der Waals surface area contributed by atoms with Gasteiger partial charge in [-0.05, 0) is 24.8 Å². The Balaban J connectivity index is 1.79. The molecule has 0 bridgehead atoms. The number of aromatic nitrogens is 2. The monoisotopic (exact) mass is 235 g/mol. The molecule has 1 N–H and O–H groups in total. The van der Waals surface area contributed by atoms with Crippen LogP contribution in [0.2, 0.25) is 0 Å². The van der Waals surface area contributed by atoms with Crippen molar-refractivity contribution in [1.29, 1.82) is 0 Å². The molecule has 1 aromatic heterocycles. The fourth-order valence-corrected chi connectivity index (χ4v) is 2.53. The van der Waals surface area contributed by atoms with Crippen molar-refractivity contribution in [2.45, 2.75) is 45.2 Å². The molecule has 1 aromatic rings. The van der Waals surface area contributed by atoms with Gasteiger partial charge in [-0.25, -0.2) is 4.68 Å². The van der Waals surface area contributed by atoms with Gasteiger partial charge in [0, 0.05) is 24.8 Å². The average Bonchev–Trinajstić information content (AvgIpc) is 2.34. The molecular formula is C13H21N3O. The Morgan fingerprint density at radius 2 is 2.29 bits per heavy atom. The fraction of sp³-hybridized carbons (Fsp3) is 0.692. The predicted molar refractivity (Wildman–Crippen MR) is 67.9 cm³/mol. The van der Waals surface area contributed by atoms with Gasteiger partial charge in [-0.3, -0.25) is 4.79 Å². The summed E-state index contributed by atoms with van der Waals surface area (Å²) in [6.45, 7) is 3.79. The molecule has 0 radical (unpaired) electrons. The lowest BCUT2D eigenvalue weighted by molar-refractivity contribution is 0.276. The summed E-state index contributed by atoms with van der Waals surface area (Å²) in [5.74, 6) is 0.754. The second-order valence-electron chi connectivity index (χ2n) is 4.91. The Kier molecular flexibility index (Phi) is 4.31. The fourth-order valence-electron chi connectivity index (χ4n) is 2.53. The molecule has 0 aromatic carbocycles. The molecule has 94 valence electrons. The Labute approximate surface area is 102 Å². The highest BCUT2D eigenvalue weighted by molar-refractivity contribution is 4.85. The van der Waals surface area contributed by atoms with Gasteiger partial charge in [-0.2, -0.15) is 5.10 Å². The van der Waals surface area contributed by atoms with Gasteiger partial charge in [0.25, 0.3) is 5.56 Å². The van der Waals surface area contributed by atoms with E-state index in [2.05, 4.69) is 17.3 Å². The molecule has 17 heavy (non-hydrogen) atoms. The summed E-state index contributed by atoms with van der Waals surface area (Å²) in [7, 11) is 0. The van der Waals surface area contributed by atoms with Crippen LogP contribution in [0.3, 0.4) is 0 Å². The summed E-state index contributed by atoms with van der Waals surface area (Å²) in [5.41, 5.74) is -0.0222. The molecule has 0 saturated heterocycles. The van der Waals surface area contributed by atoms with Gasteiger partial charge in [0.1, 0.15) is 0 Å². The van der Waals surface area contributed by atoms with Gasteiger partial charge >= 0.3 is 0 Å². The molecular weight excluding hydrogens is 214 g/mol. The van der Waals surface area contributed by atoms with E-state index in [-0.39, 0.29) is 5.56 Å². The quantitative estimate of drug-likeness (QED) is 0.858. The van der Waals surface area contributed by atoms with E-state index in [4.69, 9.17) is 0 Å². The van der Waals surface area contributed by atoms with Crippen LogP contribution in [-0.4, -0.2) is 22.4 Å². The highest BCUT2D eigenvalue weighted by Crippen LogP contribution is 2.23. The molecule has 1 aliphatic carbocycles. The van der Waals surface area contributed by atoms with Crippen molar-refractivity contribution < 1.29 is 0 Å². The van der Waals surface area contributed by atoms with E-state index in [1.165, 1.54) is 30.4 Å². The third-order valence-electron chi connectivity index (χ3n) is 3.63. The van der Waals surface area contributed by atoms with Crippen LogP contribution < -0.4 is 10.9 Å². The Morgan fingerprint density at radius 3 is 3.06 bits per heavy atom. The predicted octanol–water partition coefficient (Wildman–Crippen LogP) is 1.41. The summed E-state index contributed by atoms with van der Waals surface area (Å²) in [6.07, 6.45) is 6.93. The molecule has 2 unspecified atom stereocenters. The van der Waals surface area contributed by atoms with Crippen LogP contribution in [0.1, 0.15) is 32.6 Å². The molecule has 1 fully saturated rings. The number of hydrogen-bond donors (Lipinski definition) is 1. The second kappa shape index (κ2) is 5.96. The summed E-state index contributed by atoms with van der Waals surface area (Å²) < 4.78 is 1.51. The minimum absolute atomic E-state index is 0.0222. The first kappa shape index (κ1) is 12.3. The minimum atomic E-state index is -0.0222. The highest BCUT2D eigenvalue weighted by Gasteiger charge is 2.20. The zero-order valence-electron chi connectivity index (χ0n) is 10.4. The van der Waals surface area contributed by atoms with Crippen LogP contribution in [0.5, 0.6) is 0 Å². The van der Waals surface area contributed by atoms with Crippen molar-refractivity contribution in [3.63, 3.8) is 0 Å². The van der Waals surface area contributed by atoms with Crippen LogP contribution in [0.25, 0.3) is 0 Å². The Hall–Kier alpha value is -1.16. The van der Waals surface area contributed by atoms with Gasteiger partial charge < -0.3 is 5.32 Å². The maximum Gasteiger partial charge on any atom is 0.266 e. The van der Waals surface area contributed by atoms with Crippen LogP contribution in [0.15, 0.2) is 23.1 Å². The topological polar surface area (TPSA) is 46.9 Å². The van der Waals surface area contributed by atoms with Crippen molar-refractivity contribution in [3.8, 4) is 0 Å². The molecule has 0 spiro atoms. The Bertz CT molecular complexity index is 402. The van der Waals surface area contributed by atoms with Gasteiger partial charge in [-0.1, -0.05) is 19.8 Å². The zero-order chi connectivity index (χ0) is 12.1. The molecule has 0 aliphatic heterocycles. The SMILES string of the molecule is CC1CCCCC1NCCn1ncccc1=O. The summed E-state index contributed by atoms with van der Waals surface area (Å²) in [6, 6.07) is 3.84. The molecule has 2 atom stereocenters. The van der Waals surface area contributed by atoms with Crippen molar-refractivity contribution in [2.75, 3.05) is 6.54 Å². The van der Waals surface area contributed by atoms with E-state index in [1.807, 2.05) is 0 Å². The number of hydrogen-bond acceptors (Lipinski definition) is 3. The minimum Gasteiger partial charge on any atom is -0.312 e. The van der Waals surface area contributed by atoms with E-state index in [0.717, 1.165) is 12.5 Å². The molecule has 0 amide bonds. The summed E-state index contributed by atoms with van der Waals surface area (Å²) >= 11 is 0. The standard InChI is InChI=1S/C13H21N3O/c1-11-5-2-3-6-12(11)14-9-10-16-13(17)7-4-8-15-16/h4,7-8,11-12,14H,2-3,5-6,9-10H2,1H3. The largest absolute Gasteiger partial charge is 0.312 e. The maximum atomic E-state index is 11.4. The van der Waals surface area contributed by atoms with Gasteiger partial charge in [0.2, 0.25) is 0 Å². The molecule has 1 aliphatic rings. The lowest BCUT2D eigenvalue weighted by Gasteiger charge is -2.29. The number of nitrogens with one attached hydrogen (secondary N) is 1. The van der Waals surface area contributed by atoms with Gasteiger partial charge in [-0.15, -0.1) is 0 Å². The lowest BCUT2D eigenvalue weighted by Crippen LogP contribution is -2.40. The van der Waals surface area contributed by atoms with E-state index in [0.29, 0.717) is 12.6 Å². The van der Waals surface area contributed by atoms with Crippen LogP contribution >= 0.6 is 0 Å². The van der Waals surface area contributed by atoms with Crippen molar-refractivity contribution in [3.05, 3.63) is 28.7 Å². The molecule has 1 heterocycles. The molecule has 2 rings (SSSR count). The number of nitrogens with zero attached hydrogens (tertiary/aromatic N) is 2. The van der Waals surface area contributed by atoms with E-state index >= 15 is 0 Å².